The molecule has 0 saturated carbocycles. The van der Waals surface area contributed by atoms with E-state index in [1.54, 1.807) is 0 Å². The number of hydrogen-bond acceptors (Lipinski definition) is 0. The molecule has 0 spiro atoms. The van der Waals surface area contributed by atoms with Crippen LogP contribution in [0.1, 0.15) is 11.1 Å². The largest absolute Gasteiger partial charge is 0.0985 e. The van der Waals surface area contributed by atoms with Crippen molar-refractivity contribution in [1.82, 2.24) is 0 Å². The second-order valence-corrected chi connectivity index (χ2v) is 8.00. The molecule has 136 valence electrons. The normalized spacial score (nSPS) is 11.8. The van der Waals surface area contributed by atoms with Gasteiger partial charge in [0.1, 0.15) is 0 Å². The maximum atomic E-state index is 3.95. The van der Waals surface area contributed by atoms with E-state index >= 15 is 0 Å². The molecule has 0 nitrogen and oxygen atoms in total. The smallest absolute Gasteiger partial charge is 0.0142 e. The molecule has 0 radical (unpaired) electrons. The van der Waals surface area contributed by atoms with Crippen LogP contribution in [0.25, 0.3) is 59.9 Å². The van der Waals surface area contributed by atoms with Gasteiger partial charge in [-0.05, 0) is 120 Å². The Labute approximate surface area is 169 Å². The molecule has 0 fully saturated rings. The molecule has 0 bridgehead atoms. The first kappa shape index (κ1) is 16.3. The van der Waals surface area contributed by atoms with Gasteiger partial charge in [-0.3, -0.25) is 0 Å². The monoisotopic (exact) mass is 368 g/mol. The zero-order valence-corrected chi connectivity index (χ0v) is 16.4. The van der Waals surface area contributed by atoms with Crippen LogP contribution in [-0.2, 0) is 0 Å². The van der Waals surface area contributed by atoms with Gasteiger partial charge in [0.05, 0.1) is 0 Å². The highest BCUT2D eigenvalue weighted by Gasteiger charge is 2.07. The Balaban J connectivity index is 1.68. The molecule has 0 aromatic heterocycles. The Morgan fingerprint density at radius 1 is 0.517 bits per heavy atom. The summed E-state index contributed by atoms with van der Waals surface area (Å²) in [6, 6.07) is 31.5. The lowest BCUT2D eigenvalue weighted by molar-refractivity contribution is 1.51. The molecule has 0 saturated heterocycles. The molecule has 0 aliphatic rings. The zero-order chi connectivity index (χ0) is 19.5. The molecule has 0 aliphatic heterocycles. The number of rotatable bonds is 1. The van der Waals surface area contributed by atoms with E-state index in [9.17, 15) is 0 Å². The maximum Gasteiger partial charge on any atom is -0.0142 e. The average molecular weight is 368 g/mol. The van der Waals surface area contributed by atoms with E-state index in [1.165, 1.54) is 65.0 Å². The summed E-state index contributed by atoms with van der Waals surface area (Å²) < 4.78 is 0. The van der Waals surface area contributed by atoms with E-state index in [0.717, 1.165) is 0 Å². The van der Waals surface area contributed by atoms with Crippen LogP contribution < -0.4 is 0 Å². The molecule has 0 heteroatoms. The first-order chi connectivity index (χ1) is 14.2. The van der Waals surface area contributed by atoms with Gasteiger partial charge in [0.25, 0.3) is 0 Å². The van der Waals surface area contributed by atoms with E-state index < -0.39 is 0 Å². The Kier molecular flexibility index (Phi) is 3.34. The SMILES string of the molecule is C=Cc1ccc2cc3cc4cc5cc6ccccc6cc5cc4cc3cc2c1C. The van der Waals surface area contributed by atoms with Crippen molar-refractivity contribution >= 4 is 59.9 Å². The Morgan fingerprint density at radius 2 is 0.966 bits per heavy atom. The number of benzene rings is 6. The third-order valence-corrected chi connectivity index (χ3v) is 6.28. The van der Waals surface area contributed by atoms with Gasteiger partial charge in [-0.15, -0.1) is 0 Å². The van der Waals surface area contributed by atoms with Crippen LogP contribution in [0.2, 0.25) is 0 Å². The number of aryl methyl sites for hydroxylation is 1. The summed E-state index contributed by atoms with van der Waals surface area (Å²) in [7, 11) is 0. The van der Waals surface area contributed by atoms with Crippen molar-refractivity contribution in [3.05, 3.63) is 103 Å². The number of hydrogen-bond donors (Lipinski definition) is 0. The van der Waals surface area contributed by atoms with E-state index in [4.69, 9.17) is 0 Å². The second-order valence-electron chi connectivity index (χ2n) is 8.00. The molecule has 0 unspecified atom stereocenters. The summed E-state index contributed by atoms with van der Waals surface area (Å²) in [6.45, 7) is 6.14. The minimum absolute atomic E-state index is 1.20. The van der Waals surface area contributed by atoms with Crippen LogP contribution in [0.3, 0.4) is 0 Å². The van der Waals surface area contributed by atoms with Crippen molar-refractivity contribution < 1.29 is 0 Å². The molecule has 0 heterocycles. The fourth-order valence-corrected chi connectivity index (χ4v) is 4.66. The van der Waals surface area contributed by atoms with Crippen molar-refractivity contribution in [2.45, 2.75) is 6.92 Å². The Morgan fingerprint density at radius 3 is 1.48 bits per heavy atom. The van der Waals surface area contributed by atoms with Gasteiger partial charge in [0, 0.05) is 0 Å². The average Bonchev–Trinajstić information content (AvgIpc) is 2.74. The predicted molar refractivity (Wildman–Crippen MR) is 129 cm³/mol. The van der Waals surface area contributed by atoms with Gasteiger partial charge in [-0.2, -0.15) is 0 Å². The Hall–Kier alpha value is -3.64. The minimum Gasteiger partial charge on any atom is -0.0985 e. The van der Waals surface area contributed by atoms with Crippen LogP contribution in [0.4, 0.5) is 0 Å². The minimum atomic E-state index is 1.20. The highest BCUT2D eigenvalue weighted by Crippen LogP contribution is 2.33. The van der Waals surface area contributed by atoms with E-state index in [0.29, 0.717) is 0 Å². The van der Waals surface area contributed by atoms with Crippen molar-refractivity contribution in [1.29, 1.82) is 0 Å². The predicted octanol–water partition coefficient (Wildman–Crippen LogP) is 8.40. The third-order valence-electron chi connectivity index (χ3n) is 6.28. The summed E-state index contributed by atoms with van der Waals surface area (Å²) in [5.74, 6) is 0. The molecule has 6 aromatic rings. The van der Waals surface area contributed by atoms with E-state index in [-0.39, 0.29) is 0 Å². The molecular weight excluding hydrogens is 348 g/mol. The zero-order valence-electron chi connectivity index (χ0n) is 16.4. The maximum absolute atomic E-state index is 3.95. The molecule has 6 aromatic carbocycles. The van der Waals surface area contributed by atoms with Crippen molar-refractivity contribution in [2.75, 3.05) is 0 Å². The summed E-state index contributed by atoms with van der Waals surface area (Å²) in [6.07, 6.45) is 1.94. The van der Waals surface area contributed by atoms with Crippen molar-refractivity contribution in [2.24, 2.45) is 0 Å². The van der Waals surface area contributed by atoms with Crippen LogP contribution in [0, 0.1) is 6.92 Å². The van der Waals surface area contributed by atoms with E-state index in [2.05, 4.69) is 98.4 Å². The topological polar surface area (TPSA) is 0 Å². The van der Waals surface area contributed by atoms with Gasteiger partial charge >= 0.3 is 0 Å². The third kappa shape index (κ3) is 2.46. The second kappa shape index (κ2) is 5.93. The quantitative estimate of drug-likeness (QED) is 0.256. The first-order valence-corrected chi connectivity index (χ1v) is 10.1. The first-order valence-electron chi connectivity index (χ1n) is 10.1. The molecule has 0 amide bonds. The van der Waals surface area contributed by atoms with Crippen LogP contribution >= 0.6 is 0 Å². The van der Waals surface area contributed by atoms with Crippen LogP contribution in [0.5, 0.6) is 0 Å². The summed E-state index contributed by atoms with van der Waals surface area (Å²) in [5.41, 5.74) is 2.50. The molecule has 0 N–H and O–H groups in total. The lowest BCUT2D eigenvalue weighted by atomic mass is 9.94. The van der Waals surface area contributed by atoms with E-state index in [1.807, 2.05) is 6.08 Å². The van der Waals surface area contributed by atoms with Gasteiger partial charge in [0.2, 0.25) is 0 Å². The van der Waals surface area contributed by atoms with Gasteiger partial charge in [-0.1, -0.05) is 49.1 Å². The summed E-state index contributed by atoms with van der Waals surface area (Å²) >= 11 is 0. The lowest BCUT2D eigenvalue weighted by Crippen LogP contribution is -1.85. The van der Waals surface area contributed by atoms with Gasteiger partial charge in [0.15, 0.2) is 0 Å². The molecule has 29 heavy (non-hydrogen) atoms. The summed E-state index contributed by atoms with van der Waals surface area (Å²) in [5, 5.41) is 12.9. The summed E-state index contributed by atoms with van der Waals surface area (Å²) in [4.78, 5) is 0. The highest BCUT2D eigenvalue weighted by atomic mass is 14.1. The molecule has 0 aliphatic carbocycles. The Bertz CT molecular complexity index is 1620. The standard InChI is InChI=1S/C29H20/c1-3-19-8-9-22-12-25-15-26-13-23-10-20-6-4-5-7-21(20)11-24(23)14-27(26)16-28(25)17-29(22)18(19)2/h3-17H,1H2,2H3. The van der Waals surface area contributed by atoms with Gasteiger partial charge < -0.3 is 0 Å². The van der Waals surface area contributed by atoms with Crippen molar-refractivity contribution in [3.8, 4) is 0 Å². The van der Waals surface area contributed by atoms with Gasteiger partial charge in [-0.25, -0.2) is 0 Å². The molecular formula is C29H20. The fourth-order valence-electron chi connectivity index (χ4n) is 4.66. The molecule has 0 atom stereocenters. The highest BCUT2D eigenvalue weighted by molar-refractivity contribution is 6.10. The number of fused-ring (bicyclic) bond motifs is 5. The fraction of sp³-hybridized carbons (Fsp3) is 0.0345. The van der Waals surface area contributed by atoms with Crippen LogP contribution in [0.15, 0.2) is 91.5 Å². The molecule has 6 rings (SSSR count). The van der Waals surface area contributed by atoms with Crippen molar-refractivity contribution in [3.63, 3.8) is 0 Å². The van der Waals surface area contributed by atoms with Crippen LogP contribution in [-0.4, -0.2) is 0 Å². The lowest BCUT2D eigenvalue weighted by Gasteiger charge is -2.10.